The lowest BCUT2D eigenvalue weighted by atomic mass is 9.86. The van der Waals surface area contributed by atoms with Gasteiger partial charge in [0.05, 0.1) is 4.90 Å². The smallest absolute Gasteiger partial charge is 0.175 e. The van der Waals surface area contributed by atoms with E-state index in [1.54, 1.807) is 18.5 Å². The first-order valence-electron chi connectivity index (χ1n) is 9.14. The van der Waals surface area contributed by atoms with Crippen LogP contribution in [0.1, 0.15) is 30.9 Å². The molecule has 2 atom stereocenters. The van der Waals surface area contributed by atoms with Gasteiger partial charge < -0.3 is 9.80 Å². The molecule has 26 heavy (non-hydrogen) atoms. The van der Waals surface area contributed by atoms with Crippen LogP contribution in [0.3, 0.4) is 0 Å². The second kappa shape index (κ2) is 5.67. The fourth-order valence-electron chi connectivity index (χ4n) is 4.22. The van der Waals surface area contributed by atoms with Gasteiger partial charge in [-0.15, -0.1) is 0 Å². The molecule has 2 unspecified atom stereocenters. The third-order valence-electron chi connectivity index (χ3n) is 5.75. The monoisotopic (exact) mass is 370 g/mol. The second-order valence-corrected chi connectivity index (χ2v) is 9.71. The molecule has 6 nitrogen and oxygen atoms in total. The van der Waals surface area contributed by atoms with E-state index in [2.05, 4.69) is 25.8 Å². The number of hydrogen-bond acceptors (Lipinski definition) is 6. The number of aromatic nitrogens is 2. The Kier molecular flexibility index (Phi) is 3.50. The summed E-state index contributed by atoms with van der Waals surface area (Å²) in [5, 5.41) is 0. The molecule has 4 fully saturated rings. The molecule has 4 aliphatic rings. The normalized spacial score (nSPS) is 25.1. The Hall–Kier alpha value is -2.15. The summed E-state index contributed by atoms with van der Waals surface area (Å²) in [5.74, 6) is 1.68. The molecular formula is C19H22N4O2S. The highest BCUT2D eigenvalue weighted by Gasteiger charge is 2.45. The molecule has 0 radical (unpaired) electrons. The largest absolute Gasteiger partial charge is 0.362 e. The van der Waals surface area contributed by atoms with Crippen LogP contribution in [0.25, 0.3) is 0 Å². The minimum Gasteiger partial charge on any atom is -0.362 e. The number of piperazine rings is 1. The predicted octanol–water partition coefficient (Wildman–Crippen LogP) is 2.23. The summed E-state index contributed by atoms with van der Waals surface area (Å²) in [4.78, 5) is 14.1. The zero-order valence-electron chi connectivity index (χ0n) is 14.7. The fourth-order valence-corrected chi connectivity index (χ4v) is 4.85. The quantitative estimate of drug-likeness (QED) is 0.822. The van der Waals surface area contributed by atoms with Crippen molar-refractivity contribution in [3.05, 3.63) is 42.4 Å². The molecule has 136 valence electrons. The van der Waals surface area contributed by atoms with Crippen LogP contribution in [0.5, 0.6) is 0 Å². The van der Waals surface area contributed by atoms with Crippen molar-refractivity contribution in [3.8, 4) is 0 Å². The number of hydrogen-bond donors (Lipinski definition) is 0. The Morgan fingerprint density at radius 1 is 1.04 bits per heavy atom. The van der Waals surface area contributed by atoms with E-state index in [-0.39, 0.29) is 0 Å². The van der Waals surface area contributed by atoms with Gasteiger partial charge in [0.15, 0.2) is 9.84 Å². The topological polar surface area (TPSA) is 66.4 Å². The van der Waals surface area contributed by atoms with Crippen LogP contribution in [0, 0.1) is 0 Å². The van der Waals surface area contributed by atoms with E-state index in [9.17, 15) is 8.42 Å². The van der Waals surface area contributed by atoms with Gasteiger partial charge in [-0.2, -0.15) is 0 Å². The molecule has 2 bridgehead atoms. The molecule has 3 aliphatic heterocycles. The Morgan fingerprint density at radius 3 is 2.35 bits per heavy atom. The zero-order valence-corrected chi connectivity index (χ0v) is 15.6. The summed E-state index contributed by atoms with van der Waals surface area (Å²) in [7, 11) is -3.14. The zero-order chi connectivity index (χ0) is 17.9. The molecule has 2 aromatic rings. The molecular weight excluding hydrogens is 348 g/mol. The van der Waals surface area contributed by atoms with Crippen LogP contribution >= 0.6 is 0 Å². The highest BCUT2D eigenvalue weighted by Crippen LogP contribution is 2.41. The third-order valence-corrected chi connectivity index (χ3v) is 6.88. The summed E-state index contributed by atoms with van der Waals surface area (Å²) in [5.41, 5.74) is 2.29. The molecule has 0 spiro atoms. The summed E-state index contributed by atoms with van der Waals surface area (Å²) < 4.78 is 23.3. The van der Waals surface area contributed by atoms with Crippen molar-refractivity contribution in [1.29, 1.82) is 0 Å². The number of rotatable bonds is 4. The number of anilines is 2. The van der Waals surface area contributed by atoms with Gasteiger partial charge in [0, 0.05) is 54.8 Å². The van der Waals surface area contributed by atoms with Crippen molar-refractivity contribution in [2.45, 2.75) is 42.2 Å². The molecule has 7 heteroatoms. The second-order valence-electron chi connectivity index (χ2n) is 7.70. The molecule has 6 rings (SSSR count). The number of sulfone groups is 1. The minimum absolute atomic E-state index is 0.377. The number of nitrogens with zero attached hydrogens (tertiary/aromatic N) is 4. The first-order valence-corrected chi connectivity index (χ1v) is 11.0. The van der Waals surface area contributed by atoms with Crippen molar-refractivity contribution < 1.29 is 8.42 Å². The summed E-state index contributed by atoms with van der Waals surface area (Å²) >= 11 is 0. The highest BCUT2D eigenvalue weighted by atomic mass is 32.2. The van der Waals surface area contributed by atoms with Crippen molar-refractivity contribution >= 4 is 21.3 Å². The highest BCUT2D eigenvalue weighted by molar-refractivity contribution is 7.90. The standard InChI is InChI=1S/C19H22N4O2S/c1-26(24,25)17-6-4-14(5-7-17)23-15-8-16(23)11-22(10-15)19-9-18(13-2-3-13)20-12-21-19/h4-7,9,12-13,15-16H,2-3,8,10-11H2,1H3. The van der Waals surface area contributed by atoms with Crippen LogP contribution in [-0.2, 0) is 9.84 Å². The maximum Gasteiger partial charge on any atom is 0.175 e. The van der Waals surface area contributed by atoms with E-state index >= 15 is 0 Å². The Bertz CT molecular complexity index is 928. The Balaban J connectivity index is 1.32. The average Bonchev–Trinajstić information content (AvgIpc) is 3.47. The van der Waals surface area contributed by atoms with Gasteiger partial charge in [-0.1, -0.05) is 0 Å². The maximum absolute atomic E-state index is 11.6. The summed E-state index contributed by atoms with van der Waals surface area (Å²) in [6.07, 6.45) is 6.63. The van der Waals surface area contributed by atoms with E-state index in [4.69, 9.17) is 0 Å². The first kappa shape index (κ1) is 16.1. The molecule has 1 aromatic heterocycles. The first-order chi connectivity index (χ1) is 12.5. The van der Waals surface area contributed by atoms with Gasteiger partial charge >= 0.3 is 0 Å². The van der Waals surface area contributed by atoms with Crippen LogP contribution < -0.4 is 9.80 Å². The van der Waals surface area contributed by atoms with Gasteiger partial charge in [0.2, 0.25) is 0 Å². The fraction of sp³-hybridized carbons (Fsp3) is 0.474. The van der Waals surface area contributed by atoms with Crippen LogP contribution in [0.2, 0.25) is 0 Å². The summed E-state index contributed by atoms with van der Waals surface area (Å²) in [6, 6.07) is 10.4. The van der Waals surface area contributed by atoms with Crippen LogP contribution in [0.4, 0.5) is 11.5 Å². The Labute approximate surface area is 153 Å². The minimum atomic E-state index is -3.14. The van der Waals surface area contributed by atoms with Gasteiger partial charge in [-0.05, 0) is 43.5 Å². The van der Waals surface area contributed by atoms with Gasteiger partial charge in [0.25, 0.3) is 0 Å². The van der Waals surface area contributed by atoms with E-state index in [0.29, 0.717) is 22.9 Å². The van der Waals surface area contributed by atoms with E-state index < -0.39 is 9.84 Å². The predicted molar refractivity (Wildman–Crippen MR) is 100 cm³/mol. The lowest BCUT2D eigenvalue weighted by Gasteiger charge is -2.58. The molecule has 0 amide bonds. The van der Waals surface area contributed by atoms with E-state index in [0.717, 1.165) is 24.6 Å². The molecule has 0 N–H and O–H groups in total. The van der Waals surface area contributed by atoms with Crippen molar-refractivity contribution in [1.82, 2.24) is 9.97 Å². The van der Waals surface area contributed by atoms with Gasteiger partial charge in [-0.25, -0.2) is 18.4 Å². The lowest BCUT2D eigenvalue weighted by Crippen LogP contribution is -2.69. The molecule has 4 heterocycles. The third kappa shape index (κ3) is 2.74. The van der Waals surface area contributed by atoms with Crippen molar-refractivity contribution in [2.75, 3.05) is 29.1 Å². The SMILES string of the molecule is CS(=O)(=O)c1ccc(N2C3CC2CN(c2cc(C4CC4)ncn2)C3)cc1. The van der Waals surface area contributed by atoms with Crippen molar-refractivity contribution in [2.24, 2.45) is 0 Å². The van der Waals surface area contributed by atoms with E-state index in [1.807, 2.05) is 12.1 Å². The number of benzene rings is 1. The summed E-state index contributed by atoms with van der Waals surface area (Å²) in [6.45, 7) is 1.90. The van der Waals surface area contributed by atoms with Crippen LogP contribution in [0.15, 0.2) is 41.6 Å². The molecule has 1 aliphatic carbocycles. The number of piperidine rings is 1. The van der Waals surface area contributed by atoms with Gasteiger partial charge in [0.1, 0.15) is 12.1 Å². The maximum atomic E-state index is 11.6. The lowest BCUT2D eigenvalue weighted by molar-refractivity contribution is 0.290. The molecule has 1 aromatic carbocycles. The number of fused-ring (bicyclic) bond motifs is 2. The average molecular weight is 370 g/mol. The molecule has 1 saturated carbocycles. The van der Waals surface area contributed by atoms with Crippen LogP contribution in [-0.4, -0.2) is 49.8 Å². The Morgan fingerprint density at radius 2 is 1.73 bits per heavy atom. The van der Waals surface area contributed by atoms with E-state index in [1.165, 1.54) is 31.2 Å². The molecule has 3 saturated heterocycles. The van der Waals surface area contributed by atoms with Crippen molar-refractivity contribution in [3.63, 3.8) is 0 Å². The van der Waals surface area contributed by atoms with Gasteiger partial charge in [-0.3, -0.25) is 0 Å².